The van der Waals surface area contributed by atoms with Gasteiger partial charge in [0, 0.05) is 30.4 Å². The highest BCUT2D eigenvalue weighted by Gasteiger charge is 2.22. The molecule has 1 heterocycles. The van der Waals surface area contributed by atoms with Crippen molar-refractivity contribution in [1.82, 2.24) is 15.2 Å². The van der Waals surface area contributed by atoms with Crippen LogP contribution in [0.2, 0.25) is 0 Å². The molecule has 3 aromatic carbocycles. The quantitative estimate of drug-likeness (QED) is 0.303. The molecule has 0 atom stereocenters. The lowest BCUT2D eigenvalue weighted by atomic mass is 9.94. The summed E-state index contributed by atoms with van der Waals surface area (Å²) in [7, 11) is 0. The average Bonchev–Trinajstić information content (AvgIpc) is 2.96. The molecule has 0 fully saturated rings. The molecule has 0 bridgehead atoms. The summed E-state index contributed by atoms with van der Waals surface area (Å²) in [6.45, 7) is 0.731. The van der Waals surface area contributed by atoms with Crippen molar-refractivity contribution in [3.05, 3.63) is 126 Å². The summed E-state index contributed by atoms with van der Waals surface area (Å²) < 4.78 is 0. The zero-order valence-electron chi connectivity index (χ0n) is 20.9. The molecule has 1 aromatic heterocycles. The minimum atomic E-state index is -0.967. The van der Waals surface area contributed by atoms with E-state index in [-0.39, 0.29) is 31.3 Å². The Morgan fingerprint density at radius 2 is 1.37 bits per heavy atom. The molecule has 0 unspecified atom stereocenters. The molecular formula is C31H29N3O4. The van der Waals surface area contributed by atoms with Gasteiger partial charge < -0.3 is 15.3 Å². The third-order valence-electron chi connectivity index (χ3n) is 6.17. The van der Waals surface area contributed by atoms with E-state index in [1.807, 2.05) is 72.8 Å². The first-order valence-electron chi connectivity index (χ1n) is 12.4. The minimum Gasteiger partial charge on any atom is -0.481 e. The highest BCUT2D eigenvalue weighted by atomic mass is 16.4. The zero-order chi connectivity index (χ0) is 26.7. The van der Waals surface area contributed by atoms with Gasteiger partial charge in [-0.05, 0) is 47.4 Å². The Hall–Kier alpha value is -4.78. The van der Waals surface area contributed by atoms with E-state index in [9.17, 15) is 19.5 Å². The Balaban J connectivity index is 1.61. The third-order valence-corrected chi connectivity index (χ3v) is 6.17. The number of aliphatic carboxylic acids is 1. The predicted molar refractivity (Wildman–Crippen MR) is 146 cm³/mol. The van der Waals surface area contributed by atoms with E-state index in [0.29, 0.717) is 35.2 Å². The molecule has 0 saturated carbocycles. The summed E-state index contributed by atoms with van der Waals surface area (Å²) in [6, 6.07) is 29.5. The van der Waals surface area contributed by atoms with Crippen LogP contribution in [0, 0.1) is 0 Å². The molecule has 7 nitrogen and oxygen atoms in total. The van der Waals surface area contributed by atoms with Gasteiger partial charge in [-0.2, -0.15) is 0 Å². The van der Waals surface area contributed by atoms with Gasteiger partial charge in [-0.3, -0.25) is 19.4 Å². The normalized spacial score (nSPS) is 10.5. The molecule has 0 aliphatic rings. The lowest BCUT2D eigenvalue weighted by Gasteiger charge is -2.24. The SMILES string of the molecule is O=C(O)CCN(CCc1ccccc1)C(=O)c1ccccc1-c1ccccc1C(=O)NCc1ccccn1. The Morgan fingerprint density at radius 3 is 2.05 bits per heavy atom. The second kappa shape index (κ2) is 13.0. The van der Waals surface area contributed by atoms with Crippen LogP contribution in [0.25, 0.3) is 11.1 Å². The van der Waals surface area contributed by atoms with E-state index in [4.69, 9.17) is 0 Å². The highest BCUT2D eigenvalue weighted by molar-refractivity contribution is 6.06. The van der Waals surface area contributed by atoms with Gasteiger partial charge in [0.2, 0.25) is 0 Å². The molecule has 7 heteroatoms. The largest absolute Gasteiger partial charge is 0.481 e. The Labute approximate surface area is 221 Å². The zero-order valence-corrected chi connectivity index (χ0v) is 20.9. The fourth-order valence-corrected chi connectivity index (χ4v) is 4.21. The maximum Gasteiger partial charge on any atom is 0.305 e. The van der Waals surface area contributed by atoms with Gasteiger partial charge in [0.05, 0.1) is 18.7 Å². The summed E-state index contributed by atoms with van der Waals surface area (Å²) in [6.07, 6.45) is 2.11. The molecule has 2 N–H and O–H groups in total. The van der Waals surface area contributed by atoms with Gasteiger partial charge >= 0.3 is 5.97 Å². The average molecular weight is 508 g/mol. The monoisotopic (exact) mass is 507 g/mol. The first-order valence-corrected chi connectivity index (χ1v) is 12.4. The van der Waals surface area contributed by atoms with Crippen molar-refractivity contribution in [2.75, 3.05) is 13.1 Å². The summed E-state index contributed by atoms with van der Waals surface area (Å²) in [5.74, 6) is -1.52. The van der Waals surface area contributed by atoms with Crippen molar-refractivity contribution in [2.24, 2.45) is 0 Å². The van der Waals surface area contributed by atoms with Crippen molar-refractivity contribution in [2.45, 2.75) is 19.4 Å². The summed E-state index contributed by atoms with van der Waals surface area (Å²) in [5.41, 5.74) is 3.88. The van der Waals surface area contributed by atoms with E-state index in [0.717, 1.165) is 11.3 Å². The van der Waals surface area contributed by atoms with Crippen molar-refractivity contribution in [3.8, 4) is 11.1 Å². The minimum absolute atomic E-state index is 0.0849. The summed E-state index contributed by atoms with van der Waals surface area (Å²) >= 11 is 0. The summed E-state index contributed by atoms with van der Waals surface area (Å²) in [5, 5.41) is 12.2. The molecule has 2 amide bonds. The number of aromatic nitrogens is 1. The Bertz CT molecular complexity index is 1390. The van der Waals surface area contributed by atoms with Crippen molar-refractivity contribution < 1.29 is 19.5 Å². The number of carboxylic acid groups (broad SMARTS) is 1. The number of nitrogens with zero attached hydrogens (tertiary/aromatic N) is 2. The van der Waals surface area contributed by atoms with Gasteiger partial charge in [-0.15, -0.1) is 0 Å². The van der Waals surface area contributed by atoms with Crippen molar-refractivity contribution in [1.29, 1.82) is 0 Å². The number of nitrogens with one attached hydrogen (secondary N) is 1. The van der Waals surface area contributed by atoms with Gasteiger partial charge in [0.1, 0.15) is 0 Å². The van der Waals surface area contributed by atoms with E-state index in [2.05, 4.69) is 10.3 Å². The molecular weight excluding hydrogens is 478 g/mol. The number of benzene rings is 3. The number of rotatable bonds is 11. The Morgan fingerprint density at radius 1 is 0.737 bits per heavy atom. The van der Waals surface area contributed by atoms with Crippen LogP contribution in [0.15, 0.2) is 103 Å². The van der Waals surface area contributed by atoms with Crippen LogP contribution in [0.3, 0.4) is 0 Å². The molecule has 4 rings (SSSR count). The number of carboxylic acids is 1. The van der Waals surface area contributed by atoms with E-state index in [1.54, 1.807) is 35.4 Å². The predicted octanol–water partition coefficient (Wildman–Crippen LogP) is 4.84. The molecule has 0 spiro atoms. The first kappa shape index (κ1) is 26.3. The van der Waals surface area contributed by atoms with Crippen LogP contribution in [0.5, 0.6) is 0 Å². The van der Waals surface area contributed by atoms with Crippen LogP contribution in [0.4, 0.5) is 0 Å². The van der Waals surface area contributed by atoms with Crippen molar-refractivity contribution >= 4 is 17.8 Å². The number of hydrogen-bond acceptors (Lipinski definition) is 4. The number of amides is 2. The number of hydrogen-bond donors (Lipinski definition) is 2. The van der Waals surface area contributed by atoms with Gasteiger partial charge in [-0.25, -0.2) is 0 Å². The standard InChI is InChI=1S/C31H29N3O4/c35-29(36)18-21-34(20-17-23-10-2-1-3-11-23)31(38)28-16-7-5-14-26(28)25-13-4-6-15-27(25)30(37)33-22-24-12-8-9-19-32-24/h1-16,19H,17-18,20-22H2,(H,33,37)(H,35,36). The first-order chi connectivity index (χ1) is 18.5. The van der Waals surface area contributed by atoms with Crippen LogP contribution < -0.4 is 5.32 Å². The third kappa shape index (κ3) is 6.91. The van der Waals surface area contributed by atoms with E-state index >= 15 is 0 Å². The number of carbonyl (C=O) groups excluding carboxylic acids is 2. The number of carbonyl (C=O) groups is 3. The highest BCUT2D eigenvalue weighted by Crippen LogP contribution is 2.28. The van der Waals surface area contributed by atoms with E-state index < -0.39 is 5.97 Å². The second-order valence-corrected chi connectivity index (χ2v) is 8.77. The maximum atomic E-state index is 13.8. The van der Waals surface area contributed by atoms with Gasteiger partial charge in [0.25, 0.3) is 11.8 Å². The van der Waals surface area contributed by atoms with Crippen LogP contribution >= 0.6 is 0 Å². The molecule has 192 valence electrons. The fraction of sp³-hybridized carbons (Fsp3) is 0.161. The smallest absolute Gasteiger partial charge is 0.305 e. The van der Waals surface area contributed by atoms with Gasteiger partial charge in [-0.1, -0.05) is 72.8 Å². The maximum absolute atomic E-state index is 13.8. The molecule has 4 aromatic rings. The fourth-order valence-electron chi connectivity index (χ4n) is 4.21. The molecule has 0 radical (unpaired) electrons. The van der Waals surface area contributed by atoms with Crippen molar-refractivity contribution in [3.63, 3.8) is 0 Å². The van der Waals surface area contributed by atoms with Crippen LogP contribution in [-0.2, 0) is 17.8 Å². The van der Waals surface area contributed by atoms with Crippen LogP contribution in [-0.4, -0.2) is 45.9 Å². The number of pyridine rings is 1. The van der Waals surface area contributed by atoms with Gasteiger partial charge in [0.15, 0.2) is 0 Å². The van der Waals surface area contributed by atoms with E-state index in [1.165, 1.54) is 0 Å². The summed E-state index contributed by atoms with van der Waals surface area (Å²) in [4.78, 5) is 44.1. The molecule has 0 aliphatic heterocycles. The Kier molecular flexibility index (Phi) is 8.97. The molecule has 0 aliphatic carbocycles. The molecule has 38 heavy (non-hydrogen) atoms. The second-order valence-electron chi connectivity index (χ2n) is 8.77. The van der Waals surface area contributed by atoms with Crippen LogP contribution in [0.1, 0.15) is 38.4 Å². The lowest BCUT2D eigenvalue weighted by Crippen LogP contribution is -2.35. The topological polar surface area (TPSA) is 99.6 Å². The lowest BCUT2D eigenvalue weighted by molar-refractivity contribution is -0.137. The molecule has 0 saturated heterocycles.